The Bertz CT molecular complexity index is 1070. The zero-order valence-electron chi connectivity index (χ0n) is 20.1. The molecule has 180 valence electrons. The van der Waals surface area contributed by atoms with Gasteiger partial charge in [-0.3, -0.25) is 4.79 Å². The summed E-state index contributed by atoms with van der Waals surface area (Å²) >= 11 is 0. The van der Waals surface area contributed by atoms with Crippen molar-refractivity contribution in [1.29, 1.82) is 0 Å². The van der Waals surface area contributed by atoms with Crippen LogP contribution in [0.25, 0.3) is 0 Å². The van der Waals surface area contributed by atoms with Crippen molar-refractivity contribution in [3.8, 4) is 5.75 Å². The lowest BCUT2D eigenvalue weighted by Gasteiger charge is -2.14. The Kier molecular flexibility index (Phi) is 8.61. The molecule has 1 heterocycles. The third-order valence-corrected chi connectivity index (χ3v) is 5.23. The largest absolute Gasteiger partial charge is 0.492 e. The molecular weight excluding hydrogens is 432 g/mol. The summed E-state index contributed by atoms with van der Waals surface area (Å²) in [6.07, 6.45) is 1.12. The predicted molar refractivity (Wildman–Crippen MR) is 134 cm³/mol. The van der Waals surface area contributed by atoms with Gasteiger partial charge in [-0.15, -0.1) is 0 Å². The summed E-state index contributed by atoms with van der Waals surface area (Å²) in [7, 11) is 3.75. The second kappa shape index (κ2) is 11.8. The molecule has 0 spiro atoms. The van der Waals surface area contributed by atoms with Gasteiger partial charge in [0.05, 0.1) is 12.5 Å². The van der Waals surface area contributed by atoms with E-state index in [2.05, 4.69) is 25.6 Å². The van der Waals surface area contributed by atoms with E-state index >= 15 is 0 Å². The molecule has 0 bridgehead atoms. The maximum Gasteiger partial charge on any atom is 0.306 e. The number of carboxylic acid groups (broad SMARTS) is 1. The SMILES string of the molecule is CCC(Cc1ccc(OCCNc2nc(Nc3ccc(C)cc3)nc(N(C)C)n2)cc1)C(=O)O. The predicted octanol–water partition coefficient (Wildman–Crippen LogP) is 4.13. The molecule has 3 aromatic rings. The lowest BCUT2D eigenvalue weighted by molar-refractivity contribution is -0.141. The number of benzene rings is 2. The third-order valence-electron chi connectivity index (χ3n) is 5.23. The first-order valence-electron chi connectivity index (χ1n) is 11.3. The molecule has 3 rings (SSSR count). The maximum atomic E-state index is 11.2. The first-order valence-corrected chi connectivity index (χ1v) is 11.3. The van der Waals surface area contributed by atoms with Gasteiger partial charge in [0.25, 0.3) is 0 Å². The van der Waals surface area contributed by atoms with Gasteiger partial charge in [-0.05, 0) is 49.6 Å². The molecule has 1 aromatic heterocycles. The van der Waals surface area contributed by atoms with Gasteiger partial charge in [0, 0.05) is 19.8 Å². The number of nitrogens with one attached hydrogen (secondary N) is 2. The number of hydrogen-bond donors (Lipinski definition) is 3. The van der Waals surface area contributed by atoms with E-state index in [1.807, 2.05) is 81.4 Å². The molecule has 34 heavy (non-hydrogen) atoms. The summed E-state index contributed by atoms with van der Waals surface area (Å²) in [5, 5.41) is 15.6. The van der Waals surface area contributed by atoms with Crippen LogP contribution in [0.2, 0.25) is 0 Å². The number of carbonyl (C=O) groups is 1. The first-order chi connectivity index (χ1) is 16.3. The standard InChI is InChI=1S/C25H32N6O3/c1-5-19(22(32)33)16-18-8-12-21(13-9-18)34-15-14-26-23-28-24(30-25(29-23)31(3)4)27-20-10-6-17(2)7-11-20/h6-13,19H,5,14-16H2,1-4H3,(H,32,33)(H2,26,27,28,29,30). The van der Waals surface area contributed by atoms with Gasteiger partial charge in [-0.25, -0.2) is 0 Å². The van der Waals surface area contributed by atoms with Gasteiger partial charge in [-0.2, -0.15) is 15.0 Å². The molecule has 0 saturated carbocycles. The lowest BCUT2D eigenvalue weighted by atomic mass is 9.97. The normalized spacial score (nSPS) is 11.5. The summed E-state index contributed by atoms with van der Waals surface area (Å²) in [6, 6.07) is 15.5. The van der Waals surface area contributed by atoms with Gasteiger partial charge in [0.15, 0.2) is 0 Å². The van der Waals surface area contributed by atoms with Crippen molar-refractivity contribution in [1.82, 2.24) is 15.0 Å². The molecule has 0 aliphatic rings. The highest BCUT2D eigenvalue weighted by atomic mass is 16.5. The average Bonchev–Trinajstić information content (AvgIpc) is 2.82. The molecule has 3 N–H and O–H groups in total. The lowest BCUT2D eigenvalue weighted by Crippen LogP contribution is -2.18. The van der Waals surface area contributed by atoms with Crippen LogP contribution in [-0.4, -0.2) is 53.3 Å². The van der Waals surface area contributed by atoms with Crippen LogP contribution in [0.5, 0.6) is 5.75 Å². The second-order valence-electron chi connectivity index (χ2n) is 8.23. The minimum Gasteiger partial charge on any atom is -0.492 e. The molecule has 1 unspecified atom stereocenters. The summed E-state index contributed by atoms with van der Waals surface area (Å²) in [5.74, 6) is 1.03. The molecular formula is C25H32N6O3. The van der Waals surface area contributed by atoms with E-state index < -0.39 is 5.97 Å². The molecule has 1 atom stereocenters. The summed E-state index contributed by atoms with van der Waals surface area (Å²) in [4.78, 5) is 26.4. The van der Waals surface area contributed by atoms with Crippen LogP contribution >= 0.6 is 0 Å². The highest BCUT2D eigenvalue weighted by Gasteiger charge is 2.15. The molecule has 2 aromatic carbocycles. The molecule has 0 saturated heterocycles. The quantitative estimate of drug-likeness (QED) is 0.340. The molecule has 0 fully saturated rings. The zero-order valence-corrected chi connectivity index (χ0v) is 20.1. The number of ether oxygens (including phenoxy) is 1. The van der Waals surface area contributed by atoms with Crippen LogP contribution in [0.1, 0.15) is 24.5 Å². The second-order valence-corrected chi connectivity index (χ2v) is 8.23. The number of aryl methyl sites for hydroxylation is 1. The molecule has 9 heteroatoms. The molecule has 0 radical (unpaired) electrons. The van der Waals surface area contributed by atoms with Crippen LogP contribution in [0.3, 0.4) is 0 Å². The highest BCUT2D eigenvalue weighted by Crippen LogP contribution is 2.19. The maximum absolute atomic E-state index is 11.2. The summed E-state index contributed by atoms with van der Waals surface area (Å²) < 4.78 is 5.80. The van der Waals surface area contributed by atoms with Gasteiger partial charge in [0.2, 0.25) is 17.8 Å². The van der Waals surface area contributed by atoms with Crippen LogP contribution in [-0.2, 0) is 11.2 Å². The Balaban J connectivity index is 1.55. The molecule has 0 aliphatic heterocycles. The van der Waals surface area contributed by atoms with E-state index in [-0.39, 0.29) is 5.92 Å². The highest BCUT2D eigenvalue weighted by molar-refractivity contribution is 5.70. The number of carboxylic acids is 1. The van der Waals surface area contributed by atoms with E-state index in [4.69, 9.17) is 4.74 Å². The van der Waals surface area contributed by atoms with Gasteiger partial charge in [0.1, 0.15) is 12.4 Å². The van der Waals surface area contributed by atoms with Crippen LogP contribution in [0.4, 0.5) is 23.5 Å². The Morgan fingerprint density at radius 3 is 2.32 bits per heavy atom. The van der Waals surface area contributed by atoms with E-state index in [1.165, 1.54) is 5.56 Å². The van der Waals surface area contributed by atoms with Crippen molar-refractivity contribution in [2.45, 2.75) is 26.7 Å². The third kappa shape index (κ3) is 7.33. The number of hydrogen-bond acceptors (Lipinski definition) is 8. The van der Waals surface area contributed by atoms with Crippen molar-refractivity contribution in [3.63, 3.8) is 0 Å². The van der Waals surface area contributed by atoms with Crippen LogP contribution < -0.4 is 20.3 Å². The van der Waals surface area contributed by atoms with Gasteiger partial charge < -0.3 is 25.4 Å². The minimum atomic E-state index is -0.762. The van der Waals surface area contributed by atoms with Gasteiger partial charge in [-0.1, -0.05) is 36.8 Å². The Morgan fingerprint density at radius 2 is 1.71 bits per heavy atom. The zero-order chi connectivity index (χ0) is 24.5. The Morgan fingerprint density at radius 1 is 1.03 bits per heavy atom. The number of nitrogens with zero attached hydrogens (tertiary/aromatic N) is 4. The summed E-state index contributed by atoms with van der Waals surface area (Å²) in [5.41, 5.74) is 3.06. The molecule has 9 nitrogen and oxygen atoms in total. The van der Waals surface area contributed by atoms with E-state index in [0.717, 1.165) is 17.0 Å². The van der Waals surface area contributed by atoms with Crippen LogP contribution in [0.15, 0.2) is 48.5 Å². The van der Waals surface area contributed by atoms with Crippen molar-refractivity contribution in [2.24, 2.45) is 5.92 Å². The number of anilines is 4. The average molecular weight is 465 g/mol. The van der Waals surface area contributed by atoms with E-state index in [0.29, 0.717) is 43.8 Å². The van der Waals surface area contributed by atoms with Crippen molar-refractivity contribution in [3.05, 3.63) is 59.7 Å². The molecule has 0 aliphatic carbocycles. The fourth-order valence-corrected chi connectivity index (χ4v) is 3.21. The Labute approximate surface area is 200 Å². The van der Waals surface area contributed by atoms with Crippen LogP contribution in [0, 0.1) is 12.8 Å². The van der Waals surface area contributed by atoms with E-state index in [9.17, 15) is 9.90 Å². The fraction of sp³-hybridized carbons (Fsp3) is 0.360. The topological polar surface area (TPSA) is 113 Å². The van der Waals surface area contributed by atoms with Crippen molar-refractivity contribution < 1.29 is 14.6 Å². The number of rotatable bonds is 12. The minimum absolute atomic E-state index is 0.367. The van der Waals surface area contributed by atoms with Gasteiger partial charge >= 0.3 is 5.97 Å². The number of aliphatic carboxylic acids is 1. The van der Waals surface area contributed by atoms with Crippen molar-refractivity contribution >= 4 is 29.5 Å². The molecule has 0 amide bonds. The Hall–Kier alpha value is -3.88. The van der Waals surface area contributed by atoms with Crippen molar-refractivity contribution in [2.75, 3.05) is 42.8 Å². The fourth-order valence-electron chi connectivity index (χ4n) is 3.21. The number of aromatic nitrogens is 3. The summed E-state index contributed by atoms with van der Waals surface area (Å²) in [6.45, 7) is 4.84. The smallest absolute Gasteiger partial charge is 0.306 e. The monoisotopic (exact) mass is 464 g/mol. The van der Waals surface area contributed by atoms with E-state index in [1.54, 1.807) is 0 Å². The first kappa shape index (κ1) is 24.8.